The smallest absolute Gasteiger partial charge is 0.261 e. The molecular formula is C21H16N2O3. The average Bonchev–Trinajstić information content (AvgIpc) is 2.68. The van der Waals surface area contributed by atoms with Crippen LogP contribution in [0, 0.1) is 0 Å². The van der Waals surface area contributed by atoms with Gasteiger partial charge in [0.25, 0.3) is 11.8 Å². The monoisotopic (exact) mass is 344 g/mol. The van der Waals surface area contributed by atoms with E-state index >= 15 is 0 Å². The van der Waals surface area contributed by atoms with E-state index in [1.165, 1.54) is 0 Å². The van der Waals surface area contributed by atoms with Crippen molar-refractivity contribution in [2.45, 2.75) is 6.54 Å². The van der Waals surface area contributed by atoms with Crippen LogP contribution in [0.3, 0.4) is 0 Å². The summed E-state index contributed by atoms with van der Waals surface area (Å²) in [6.07, 6.45) is 0. The van der Waals surface area contributed by atoms with Crippen LogP contribution in [0.25, 0.3) is 10.8 Å². The molecule has 3 aromatic rings. The minimum atomic E-state index is -0.436. The first kappa shape index (κ1) is 16.0. The molecule has 1 aliphatic heterocycles. The summed E-state index contributed by atoms with van der Waals surface area (Å²) in [5.74, 6) is -1.24. The Balaban J connectivity index is 1.56. The highest BCUT2D eigenvalue weighted by molar-refractivity contribution is 6.26. The van der Waals surface area contributed by atoms with Crippen molar-refractivity contribution in [3.63, 3.8) is 0 Å². The van der Waals surface area contributed by atoms with Crippen molar-refractivity contribution >= 4 is 28.5 Å². The van der Waals surface area contributed by atoms with Crippen molar-refractivity contribution < 1.29 is 14.4 Å². The first-order valence-corrected chi connectivity index (χ1v) is 8.34. The summed E-state index contributed by atoms with van der Waals surface area (Å²) >= 11 is 0. The van der Waals surface area contributed by atoms with Crippen LogP contribution in [0.4, 0.5) is 0 Å². The second-order valence-electron chi connectivity index (χ2n) is 6.17. The van der Waals surface area contributed by atoms with E-state index in [-0.39, 0.29) is 12.5 Å². The zero-order valence-corrected chi connectivity index (χ0v) is 13.9. The summed E-state index contributed by atoms with van der Waals surface area (Å²) in [6, 6.07) is 20.1. The summed E-state index contributed by atoms with van der Waals surface area (Å²) in [6.45, 7) is 0.0529. The maximum absolute atomic E-state index is 12.7. The number of carbonyl (C=O) groups is 3. The van der Waals surface area contributed by atoms with Gasteiger partial charge in [-0.1, -0.05) is 54.6 Å². The molecule has 1 aliphatic rings. The SMILES string of the molecule is O=C(CN1C(=O)c2cccc3cccc(c23)C1=O)NCc1ccccc1. The third kappa shape index (κ3) is 2.73. The van der Waals surface area contributed by atoms with Gasteiger partial charge in [0.2, 0.25) is 5.91 Å². The molecule has 128 valence electrons. The number of imide groups is 1. The van der Waals surface area contributed by atoms with Gasteiger partial charge in [0.05, 0.1) is 0 Å². The van der Waals surface area contributed by atoms with Crippen LogP contribution in [0.15, 0.2) is 66.7 Å². The zero-order valence-electron chi connectivity index (χ0n) is 13.9. The van der Waals surface area contributed by atoms with E-state index in [9.17, 15) is 14.4 Å². The van der Waals surface area contributed by atoms with E-state index in [1.54, 1.807) is 24.3 Å². The molecule has 0 aromatic heterocycles. The topological polar surface area (TPSA) is 66.5 Å². The maximum Gasteiger partial charge on any atom is 0.261 e. The van der Waals surface area contributed by atoms with Gasteiger partial charge >= 0.3 is 0 Å². The van der Waals surface area contributed by atoms with Crippen molar-refractivity contribution in [2.75, 3.05) is 6.54 Å². The molecule has 3 amide bonds. The van der Waals surface area contributed by atoms with Crippen LogP contribution in [-0.4, -0.2) is 29.2 Å². The maximum atomic E-state index is 12.7. The van der Waals surface area contributed by atoms with Crippen molar-refractivity contribution in [1.82, 2.24) is 10.2 Å². The van der Waals surface area contributed by atoms with E-state index in [4.69, 9.17) is 0 Å². The van der Waals surface area contributed by atoms with Crippen molar-refractivity contribution in [2.24, 2.45) is 0 Å². The molecule has 0 spiro atoms. The zero-order chi connectivity index (χ0) is 18.1. The highest BCUT2D eigenvalue weighted by atomic mass is 16.2. The number of nitrogens with zero attached hydrogens (tertiary/aromatic N) is 1. The predicted molar refractivity (Wildman–Crippen MR) is 97.6 cm³/mol. The van der Waals surface area contributed by atoms with Gasteiger partial charge in [-0.3, -0.25) is 19.3 Å². The van der Waals surface area contributed by atoms with Gasteiger partial charge in [0.1, 0.15) is 6.54 Å². The van der Waals surface area contributed by atoms with Gasteiger partial charge in [-0.05, 0) is 23.1 Å². The molecular weight excluding hydrogens is 328 g/mol. The Morgan fingerprint density at radius 3 is 2.04 bits per heavy atom. The van der Waals surface area contributed by atoms with Gasteiger partial charge in [-0.2, -0.15) is 0 Å². The quantitative estimate of drug-likeness (QED) is 0.740. The molecule has 4 rings (SSSR count). The van der Waals surface area contributed by atoms with Crippen molar-refractivity contribution in [3.05, 3.63) is 83.4 Å². The Morgan fingerprint density at radius 1 is 0.808 bits per heavy atom. The van der Waals surface area contributed by atoms with Crippen LogP contribution < -0.4 is 5.32 Å². The molecule has 0 fully saturated rings. The van der Waals surface area contributed by atoms with Crippen LogP contribution in [0.5, 0.6) is 0 Å². The molecule has 0 aliphatic carbocycles. The van der Waals surface area contributed by atoms with Gasteiger partial charge in [0, 0.05) is 23.1 Å². The normalized spacial score (nSPS) is 13.2. The van der Waals surface area contributed by atoms with E-state index < -0.39 is 11.8 Å². The fourth-order valence-electron chi connectivity index (χ4n) is 3.22. The van der Waals surface area contributed by atoms with Crippen molar-refractivity contribution in [1.29, 1.82) is 0 Å². The number of rotatable bonds is 4. The summed E-state index contributed by atoms with van der Waals surface area (Å²) in [4.78, 5) is 38.8. The number of benzene rings is 3. The number of amides is 3. The number of hydrogen-bond acceptors (Lipinski definition) is 3. The first-order valence-electron chi connectivity index (χ1n) is 8.34. The van der Waals surface area contributed by atoms with Gasteiger partial charge < -0.3 is 5.32 Å². The molecule has 1 heterocycles. The van der Waals surface area contributed by atoms with E-state index in [1.807, 2.05) is 42.5 Å². The largest absolute Gasteiger partial charge is 0.350 e. The van der Waals surface area contributed by atoms with Crippen LogP contribution in [-0.2, 0) is 11.3 Å². The number of carbonyl (C=O) groups excluding carboxylic acids is 3. The lowest BCUT2D eigenvalue weighted by atomic mass is 9.94. The van der Waals surface area contributed by atoms with Crippen LogP contribution in [0.2, 0.25) is 0 Å². The Morgan fingerprint density at radius 2 is 1.42 bits per heavy atom. The lowest BCUT2D eigenvalue weighted by Gasteiger charge is -2.26. The average molecular weight is 344 g/mol. The second kappa shape index (κ2) is 6.44. The van der Waals surface area contributed by atoms with E-state index in [2.05, 4.69) is 5.32 Å². The standard InChI is InChI=1S/C21H16N2O3/c24-18(22-12-14-6-2-1-3-7-14)13-23-20(25)16-10-4-8-15-9-5-11-17(19(15)16)21(23)26/h1-11H,12-13H2,(H,22,24). The molecule has 0 radical (unpaired) electrons. The molecule has 3 aromatic carbocycles. The molecule has 5 nitrogen and oxygen atoms in total. The lowest BCUT2D eigenvalue weighted by Crippen LogP contribution is -2.46. The fourth-order valence-corrected chi connectivity index (χ4v) is 3.22. The second-order valence-corrected chi connectivity index (χ2v) is 6.17. The molecule has 0 bridgehead atoms. The fraction of sp³-hybridized carbons (Fsp3) is 0.0952. The minimum Gasteiger partial charge on any atom is -0.350 e. The Labute approximate surface area is 150 Å². The van der Waals surface area contributed by atoms with E-state index in [0.29, 0.717) is 23.1 Å². The summed E-state index contributed by atoms with van der Waals surface area (Å²) in [7, 11) is 0. The third-order valence-corrected chi connectivity index (χ3v) is 4.49. The molecule has 0 atom stereocenters. The van der Waals surface area contributed by atoms with Crippen LogP contribution in [0.1, 0.15) is 26.3 Å². The Hall–Kier alpha value is -3.47. The molecule has 5 heteroatoms. The molecule has 0 saturated heterocycles. The van der Waals surface area contributed by atoms with Crippen molar-refractivity contribution in [3.8, 4) is 0 Å². The molecule has 1 N–H and O–H groups in total. The summed E-state index contributed by atoms with van der Waals surface area (Å²) in [5.41, 5.74) is 1.86. The van der Waals surface area contributed by atoms with E-state index in [0.717, 1.165) is 15.8 Å². The van der Waals surface area contributed by atoms with Gasteiger partial charge in [0.15, 0.2) is 0 Å². The summed E-state index contributed by atoms with van der Waals surface area (Å²) < 4.78 is 0. The molecule has 0 saturated carbocycles. The molecule has 0 unspecified atom stereocenters. The number of nitrogens with one attached hydrogen (secondary N) is 1. The minimum absolute atomic E-state index is 0.296. The lowest BCUT2D eigenvalue weighted by molar-refractivity contribution is -0.121. The predicted octanol–water partition coefficient (Wildman–Crippen LogP) is 2.75. The highest BCUT2D eigenvalue weighted by Gasteiger charge is 2.33. The third-order valence-electron chi connectivity index (χ3n) is 4.49. The highest BCUT2D eigenvalue weighted by Crippen LogP contribution is 2.29. The van der Waals surface area contributed by atoms with Gasteiger partial charge in [-0.25, -0.2) is 0 Å². The Bertz CT molecular complexity index is 977. The summed E-state index contributed by atoms with van der Waals surface area (Å²) in [5, 5.41) is 4.25. The Kier molecular flexibility index (Phi) is 3.97. The number of hydrogen-bond donors (Lipinski definition) is 1. The van der Waals surface area contributed by atoms with Gasteiger partial charge in [-0.15, -0.1) is 0 Å². The first-order chi connectivity index (χ1) is 12.6. The van der Waals surface area contributed by atoms with Crippen LogP contribution >= 0.6 is 0 Å². The molecule has 26 heavy (non-hydrogen) atoms.